The van der Waals surface area contributed by atoms with E-state index in [4.69, 9.17) is 4.52 Å². The van der Waals surface area contributed by atoms with Gasteiger partial charge in [0.2, 0.25) is 0 Å². The first-order chi connectivity index (χ1) is 5.81. The second-order valence-corrected chi connectivity index (χ2v) is 2.33. The SMILES string of the molecule is O=Cc1noc2cc(F)ccc12. The Morgan fingerprint density at radius 1 is 1.50 bits per heavy atom. The summed E-state index contributed by atoms with van der Waals surface area (Å²) in [5.74, 6) is -0.406. The van der Waals surface area contributed by atoms with Crippen LogP contribution in [0.25, 0.3) is 11.0 Å². The average Bonchev–Trinajstić information content (AvgIpc) is 2.46. The quantitative estimate of drug-likeness (QED) is 0.605. The molecule has 0 N–H and O–H groups in total. The molecule has 0 spiro atoms. The van der Waals surface area contributed by atoms with Crippen LogP contribution in [0.2, 0.25) is 0 Å². The molecule has 0 aliphatic carbocycles. The third-order valence-electron chi connectivity index (χ3n) is 1.57. The fourth-order valence-electron chi connectivity index (χ4n) is 1.02. The molecular formula is C8H4FNO2. The zero-order valence-corrected chi connectivity index (χ0v) is 5.95. The molecular weight excluding hydrogens is 161 g/mol. The molecule has 4 heteroatoms. The van der Waals surface area contributed by atoms with E-state index in [0.29, 0.717) is 11.7 Å². The number of benzene rings is 1. The normalized spacial score (nSPS) is 10.4. The highest BCUT2D eigenvalue weighted by molar-refractivity contribution is 5.93. The van der Waals surface area contributed by atoms with Gasteiger partial charge in [0.1, 0.15) is 5.82 Å². The molecule has 0 fully saturated rings. The largest absolute Gasteiger partial charge is 0.355 e. The third-order valence-corrected chi connectivity index (χ3v) is 1.57. The number of aldehydes is 1. The highest BCUT2D eigenvalue weighted by Crippen LogP contribution is 2.17. The summed E-state index contributed by atoms with van der Waals surface area (Å²) in [5, 5.41) is 3.98. The van der Waals surface area contributed by atoms with Crippen molar-refractivity contribution in [3.8, 4) is 0 Å². The molecule has 2 aromatic rings. The van der Waals surface area contributed by atoms with Crippen LogP contribution in [0, 0.1) is 5.82 Å². The molecule has 0 unspecified atom stereocenters. The molecule has 0 aliphatic rings. The number of rotatable bonds is 1. The summed E-state index contributed by atoms with van der Waals surface area (Å²) in [6.07, 6.45) is 0.573. The standard InChI is InChI=1S/C8H4FNO2/c9-5-1-2-6-7(4-11)10-12-8(6)3-5/h1-4H. The first-order valence-electron chi connectivity index (χ1n) is 3.31. The minimum absolute atomic E-state index is 0.199. The van der Waals surface area contributed by atoms with Crippen molar-refractivity contribution in [2.75, 3.05) is 0 Å². The van der Waals surface area contributed by atoms with Crippen LogP contribution < -0.4 is 0 Å². The lowest BCUT2D eigenvalue weighted by Gasteiger charge is -1.85. The predicted molar refractivity (Wildman–Crippen MR) is 39.4 cm³/mol. The number of aromatic nitrogens is 1. The highest BCUT2D eigenvalue weighted by atomic mass is 19.1. The summed E-state index contributed by atoms with van der Waals surface area (Å²) in [5.41, 5.74) is 0.488. The third kappa shape index (κ3) is 0.887. The molecule has 0 amide bonds. The van der Waals surface area contributed by atoms with Gasteiger partial charge < -0.3 is 4.52 Å². The van der Waals surface area contributed by atoms with Gasteiger partial charge in [-0.25, -0.2) is 4.39 Å². The zero-order chi connectivity index (χ0) is 8.55. The molecule has 1 aromatic carbocycles. The van der Waals surface area contributed by atoms with E-state index >= 15 is 0 Å². The molecule has 1 heterocycles. The summed E-state index contributed by atoms with van der Waals surface area (Å²) in [7, 11) is 0. The van der Waals surface area contributed by atoms with Gasteiger partial charge in [-0.1, -0.05) is 5.16 Å². The second kappa shape index (κ2) is 2.41. The fraction of sp³-hybridized carbons (Fsp3) is 0. The van der Waals surface area contributed by atoms with E-state index in [9.17, 15) is 9.18 Å². The Labute approximate surface area is 66.8 Å². The number of carbonyl (C=O) groups excluding carboxylic acids is 1. The summed E-state index contributed by atoms with van der Waals surface area (Å²) in [6.45, 7) is 0. The van der Waals surface area contributed by atoms with Crippen LogP contribution in [0.4, 0.5) is 4.39 Å². The Bertz CT molecular complexity index is 436. The number of hydrogen-bond acceptors (Lipinski definition) is 3. The average molecular weight is 165 g/mol. The Morgan fingerprint density at radius 3 is 3.08 bits per heavy atom. The molecule has 12 heavy (non-hydrogen) atoms. The van der Waals surface area contributed by atoms with Gasteiger partial charge in [0, 0.05) is 6.07 Å². The first-order valence-corrected chi connectivity index (χ1v) is 3.31. The van der Waals surface area contributed by atoms with Crippen LogP contribution in [0.15, 0.2) is 22.7 Å². The van der Waals surface area contributed by atoms with E-state index < -0.39 is 5.82 Å². The first kappa shape index (κ1) is 6.97. The number of nitrogens with zero attached hydrogens (tertiary/aromatic N) is 1. The molecule has 1 aromatic heterocycles. The van der Waals surface area contributed by atoms with E-state index in [-0.39, 0.29) is 11.3 Å². The summed E-state index contributed by atoms with van der Waals surface area (Å²) < 4.78 is 17.3. The predicted octanol–water partition coefficient (Wildman–Crippen LogP) is 1.78. The van der Waals surface area contributed by atoms with Gasteiger partial charge in [0.25, 0.3) is 0 Å². The minimum Gasteiger partial charge on any atom is -0.355 e. The maximum absolute atomic E-state index is 12.6. The molecule has 0 saturated heterocycles. The van der Waals surface area contributed by atoms with Crippen LogP contribution in [0.1, 0.15) is 10.5 Å². The smallest absolute Gasteiger partial charge is 0.172 e. The minimum atomic E-state index is -0.406. The highest BCUT2D eigenvalue weighted by Gasteiger charge is 2.06. The summed E-state index contributed by atoms with van der Waals surface area (Å²) in [6, 6.07) is 3.91. The topological polar surface area (TPSA) is 43.1 Å². The molecule has 3 nitrogen and oxygen atoms in total. The Morgan fingerprint density at radius 2 is 2.33 bits per heavy atom. The van der Waals surface area contributed by atoms with Crippen molar-refractivity contribution in [1.29, 1.82) is 0 Å². The van der Waals surface area contributed by atoms with Crippen molar-refractivity contribution in [2.24, 2.45) is 0 Å². The second-order valence-electron chi connectivity index (χ2n) is 2.33. The van der Waals surface area contributed by atoms with Crippen molar-refractivity contribution in [3.63, 3.8) is 0 Å². The van der Waals surface area contributed by atoms with Crippen LogP contribution in [-0.4, -0.2) is 11.4 Å². The molecule has 0 bridgehead atoms. The molecule has 0 radical (unpaired) electrons. The molecule has 2 rings (SSSR count). The summed E-state index contributed by atoms with van der Waals surface area (Å²) in [4.78, 5) is 10.4. The lowest BCUT2D eigenvalue weighted by Crippen LogP contribution is -1.78. The number of halogens is 1. The van der Waals surface area contributed by atoms with Crippen molar-refractivity contribution in [3.05, 3.63) is 29.7 Å². The molecule has 0 aliphatic heterocycles. The number of carbonyl (C=O) groups is 1. The van der Waals surface area contributed by atoms with E-state index in [1.165, 1.54) is 18.2 Å². The molecule has 60 valence electrons. The van der Waals surface area contributed by atoms with E-state index in [1.54, 1.807) is 0 Å². The van der Waals surface area contributed by atoms with Gasteiger partial charge in [-0.3, -0.25) is 4.79 Å². The Balaban J connectivity index is 2.81. The van der Waals surface area contributed by atoms with Gasteiger partial charge in [0.15, 0.2) is 17.6 Å². The maximum Gasteiger partial charge on any atom is 0.172 e. The molecule has 0 saturated carbocycles. The summed E-state index contributed by atoms with van der Waals surface area (Å²) >= 11 is 0. The fourth-order valence-corrected chi connectivity index (χ4v) is 1.02. The maximum atomic E-state index is 12.6. The van der Waals surface area contributed by atoms with Gasteiger partial charge in [-0.05, 0) is 12.1 Å². The monoisotopic (exact) mass is 165 g/mol. The van der Waals surface area contributed by atoms with E-state index in [0.717, 1.165) is 0 Å². The van der Waals surface area contributed by atoms with Crippen LogP contribution in [0.5, 0.6) is 0 Å². The molecule has 0 atom stereocenters. The van der Waals surface area contributed by atoms with Crippen LogP contribution in [-0.2, 0) is 0 Å². The number of fused-ring (bicyclic) bond motifs is 1. The van der Waals surface area contributed by atoms with Gasteiger partial charge in [0.05, 0.1) is 5.39 Å². The van der Waals surface area contributed by atoms with Crippen LogP contribution >= 0.6 is 0 Å². The zero-order valence-electron chi connectivity index (χ0n) is 5.95. The van der Waals surface area contributed by atoms with Crippen molar-refractivity contribution in [2.45, 2.75) is 0 Å². The van der Waals surface area contributed by atoms with E-state index in [2.05, 4.69) is 5.16 Å². The van der Waals surface area contributed by atoms with Crippen molar-refractivity contribution < 1.29 is 13.7 Å². The Kier molecular flexibility index (Phi) is 1.40. The Hall–Kier alpha value is -1.71. The number of hydrogen-bond donors (Lipinski definition) is 0. The van der Waals surface area contributed by atoms with Gasteiger partial charge in [-0.15, -0.1) is 0 Å². The van der Waals surface area contributed by atoms with Gasteiger partial charge >= 0.3 is 0 Å². The van der Waals surface area contributed by atoms with Crippen molar-refractivity contribution >= 4 is 17.3 Å². The lowest BCUT2D eigenvalue weighted by molar-refractivity contribution is 0.111. The lowest BCUT2D eigenvalue weighted by atomic mass is 10.2. The van der Waals surface area contributed by atoms with Gasteiger partial charge in [-0.2, -0.15) is 0 Å². The van der Waals surface area contributed by atoms with Crippen molar-refractivity contribution in [1.82, 2.24) is 5.16 Å². The van der Waals surface area contributed by atoms with E-state index in [1.807, 2.05) is 0 Å². The van der Waals surface area contributed by atoms with Crippen LogP contribution in [0.3, 0.4) is 0 Å².